The molecule has 0 aromatic heterocycles. The largest absolute Gasteiger partial charge is 0.497 e. The average Bonchev–Trinajstić information content (AvgIpc) is 2.64. The summed E-state index contributed by atoms with van der Waals surface area (Å²) in [6.07, 6.45) is 0.848. The molecule has 0 saturated carbocycles. The maximum atomic E-state index is 11.8. The van der Waals surface area contributed by atoms with Crippen molar-refractivity contribution in [1.82, 2.24) is 10.9 Å². The highest BCUT2D eigenvalue weighted by molar-refractivity contribution is 5.95. The fourth-order valence-electron chi connectivity index (χ4n) is 2.04. The van der Waals surface area contributed by atoms with Crippen molar-refractivity contribution in [2.45, 2.75) is 12.8 Å². The number of hydrogen-bond acceptors (Lipinski definition) is 4. The molecule has 24 heavy (non-hydrogen) atoms. The van der Waals surface area contributed by atoms with Crippen LogP contribution in [-0.2, 0) is 11.2 Å². The monoisotopic (exact) mass is 328 g/mol. The van der Waals surface area contributed by atoms with E-state index < -0.39 is 12.0 Å². The predicted molar refractivity (Wildman–Crippen MR) is 89.7 cm³/mol. The van der Waals surface area contributed by atoms with E-state index in [4.69, 9.17) is 9.47 Å². The van der Waals surface area contributed by atoms with Gasteiger partial charge in [0.1, 0.15) is 5.75 Å². The van der Waals surface area contributed by atoms with E-state index in [2.05, 4.69) is 10.9 Å². The van der Waals surface area contributed by atoms with Crippen molar-refractivity contribution < 1.29 is 19.1 Å². The minimum absolute atomic E-state index is 0.277. The molecule has 0 spiro atoms. The van der Waals surface area contributed by atoms with Gasteiger partial charge in [-0.05, 0) is 42.7 Å². The summed E-state index contributed by atoms with van der Waals surface area (Å²) < 4.78 is 10.0. The Hall–Kier alpha value is -3.02. The molecule has 6 nitrogen and oxygen atoms in total. The molecule has 0 aliphatic rings. The molecule has 2 aromatic rings. The fraction of sp³-hybridized carbons (Fsp3) is 0.222. The maximum Gasteiger partial charge on any atom is 0.426 e. The fourth-order valence-corrected chi connectivity index (χ4v) is 2.04. The normalized spacial score (nSPS) is 9.88. The van der Waals surface area contributed by atoms with Crippen LogP contribution in [0.3, 0.4) is 0 Å². The molecule has 0 fully saturated rings. The highest BCUT2D eigenvalue weighted by atomic mass is 16.6. The van der Waals surface area contributed by atoms with E-state index in [0.29, 0.717) is 17.7 Å². The lowest BCUT2D eigenvalue weighted by molar-refractivity contribution is 0.0909. The maximum absolute atomic E-state index is 11.8. The Morgan fingerprint density at radius 3 is 2.33 bits per heavy atom. The summed E-state index contributed by atoms with van der Waals surface area (Å²) in [5.74, 6) is 0.219. The van der Waals surface area contributed by atoms with Crippen LogP contribution in [0, 0.1) is 0 Å². The Morgan fingerprint density at radius 2 is 1.67 bits per heavy atom. The standard InChI is InChI=1S/C18H20N2O4/c1-23-16-11-9-15(10-12-16)17(21)19-20-18(22)24-13-5-8-14-6-3-2-4-7-14/h2-4,6-7,9-12H,5,8,13H2,1H3,(H,19,21)(H,20,22). The Labute approximate surface area is 140 Å². The minimum Gasteiger partial charge on any atom is -0.497 e. The first-order chi connectivity index (χ1) is 11.7. The Bertz CT molecular complexity index is 656. The number of ether oxygens (including phenoxy) is 2. The second-order valence-electron chi connectivity index (χ2n) is 5.03. The van der Waals surface area contributed by atoms with Crippen LogP contribution in [-0.4, -0.2) is 25.7 Å². The number of rotatable bonds is 6. The first-order valence-corrected chi connectivity index (χ1v) is 7.60. The molecule has 126 valence electrons. The highest BCUT2D eigenvalue weighted by Gasteiger charge is 2.08. The van der Waals surface area contributed by atoms with Gasteiger partial charge in [-0.2, -0.15) is 0 Å². The van der Waals surface area contributed by atoms with E-state index in [-0.39, 0.29) is 6.61 Å². The van der Waals surface area contributed by atoms with Gasteiger partial charge >= 0.3 is 6.09 Å². The number of nitrogens with one attached hydrogen (secondary N) is 2. The lowest BCUT2D eigenvalue weighted by Crippen LogP contribution is -2.42. The van der Waals surface area contributed by atoms with Crippen molar-refractivity contribution in [2.24, 2.45) is 0 Å². The van der Waals surface area contributed by atoms with Crippen LogP contribution in [0.2, 0.25) is 0 Å². The van der Waals surface area contributed by atoms with Crippen LogP contribution in [0.1, 0.15) is 22.3 Å². The topological polar surface area (TPSA) is 76.7 Å². The third-order valence-corrected chi connectivity index (χ3v) is 3.32. The van der Waals surface area contributed by atoms with E-state index in [9.17, 15) is 9.59 Å². The van der Waals surface area contributed by atoms with Crippen molar-refractivity contribution in [2.75, 3.05) is 13.7 Å². The molecule has 0 atom stereocenters. The van der Waals surface area contributed by atoms with Crippen LogP contribution in [0.15, 0.2) is 54.6 Å². The molecule has 0 bridgehead atoms. The smallest absolute Gasteiger partial charge is 0.426 e. The number of benzene rings is 2. The van der Waals surface area contributed by atoms with Crippen molar-refractivity contribution >= 4 is 12.0 Å². The first-order valence-electron chi connectivity index (χ1n) is 7.60. The average molecular weight is 328 g/mol. The molecule has 0 saturated heterocycles. The molecule has 0 aliphatic heterocycles. The SMILES string of the molecule is COc1ccc(C(=O)NNC(=O)OCCCc2ccccc2)cc1. The molecule has 0 unspecified atom stereocenters. The third-order valence-electron chi connectivity index (χ3n) is 3.32. The first kappa shape index (κ1) is 17.3. The number of methoxy groups -OCH3 is 1. The number of hydrogen-bond donors (Lipinski definition) is 2. The van der Waals surface area contributed by atoms with E-state index in [1.54, 1.807) is 31.4 Å². The summed E-state index contributed by atoms with van der Waals surface area (Å²) in [5.41, 5.74) is 6.10. The van der Waals surface area contributed by atoms with Crippen LogP contribution < -0.4 is 15.6 Å². The lowest BCUT2D eigenvalue weighted by Gasteiger charge is -2.09. The van der Waals surface area contributed by atoms with Crippen LogP contribution in [0.25, 0.3) is 0 Å². The van der Waals surface area contributed by atoms with Gasteiger partial charge in [-0.25, -0.2) is 10.2 Å². The molecule has 0 heterocycles. The van der Waals surface area contributed by atoms with Gasteiger partial charge in [0.15, 0.2) is 0 Å². The number of carbonyl (C=O) groups is 2. The summed E-state index contributed by atoms with van der Waals surface area (Å²) in [5, 5.41) is 0. The lowest BCUT2D eigenvalue weighted by atomic mass is 10.1. The molecule has 2 N–H and O–H groups in total. The van der Waals surface area contributed by atoms with Gasteiger partial charge in [0.25, 0.3) is 5.91 Å². The Kier molecular flexibility index (Phi) is 6.64. The van der Waals surface area contributed by atoms with Crippen molar-refractivity contribution in [3.8, 4) is 5.75 Å². The van der Waals surface area contributed by atoms with Crippen molar-refractivity contribution in [3.63, 3.8) is 0 Å². The molecule has 0 radical (unpaired) electrons. The van der Waals surface area contributed by atoms with E-state index >= 15 is 0 Å². The molecule has 2 rings (SSSR count). The van der Waals surface area contributed by atoms with Crippen LogP contribution in [0.4, 0.5) is 4.79 Å². The van der Waals surface area contributed by atoms with Gasteiger partial charge in [-0.15, -0.1) is 0 Å². The predicted octanol–water partition coefficient (Wildman–Crippen LogP) is 2.70. The Morgan fingerprint density at radius 1 is 0.958 bits per heavy atom. The molecule has 2 aromatic carbocycles. The molecule has 2 amide bonds. The summed E-state index contributed by atoms with van der Waals surface area (Å²) in [4.78, 5) is 23.4. The number of carbonyl (C=O) groups excluding carboxylic acids is 2. The summed E-state index contributed by atoms with van der Waals surface area (Å²) in [7, 11) is 1.55. The second-order valence-corrected chi connectivity index (χ2v) is 5.03. The van der Waals surface area contributed by atoms with Gasteiger partial charge < -0.3 is 9.47 Å². The molecular weight excluding hydrogens is 308 g/mol. The van der Waals surface area contributed by atoms with E-state index in [0.717, 1.165) is 6.42 Å². The molecular formula is C18H20N2O4. The van der Waals surface area contributed by atoms with Crippen molar-refractivity contribution in [3.05, 3.63) is 65.7 Å². The van der Waals surface area contributed by atoms with Gasteiger partial charge in [-0.3, -0.25) is 10.2 Å². The van der Waals surface area contributed by atoms with Gasteiger partial charge in [0.05, 0.1) is 13.7 Å². The number of hydrazine groups is 1. The number of aryl methyl sites for hydroxylation is 1. The summed E-state index contributed by atoms with van der Waals surface area (Å²) >= 11 is 0. The summed E-state index contributed by atoms with van der Waals surface area (Å²) in [6, 6.07) is 16.5. The third kappa shape index (κ3) is 5.64. The van der Waals surface area contributed by atoms with Gasteiger partial charge in [0.2, 0.25) is 0 Å². The minimum atomic E-state index is -0.690. The van der Waals surface area contributed by atoms with Crippen molar-refractivity contribution in [1.29, 1.82) is 0 Å². The molecule has 6 heteroatoms. The zero-order valence-electron chi connectivity index (χ0n) is 13.5. The van der Waals surface area contributed by atoms with Crippen LogP contribution in [0.5, 0.6) is 5.75 Å². The zero-order valence-corrected chi connectivity index (χ0v) is 13.5. The quantitative estimate of drug-likeness (QED) is 0.631. The van der Waals surface area contributed by atoms with Gasteiger partial charge in [0, 0.05) is 5.56 Å². The number of amides is 2. The Balaban J connectivity index is 1.64. The van der Waals surface area contributed by atoms with E-state index in [1.165, 1.54) is 5.56 Å². The van der Waals surface area contributed by atoms with E-state index in [1.807, 2.05) is 30.3 Å². The van der Waals surface area contributed by atoms with Crippen LogP contribution >= 0.6 is 0 Å². The highest BCUT2D eigenvalue weighted by Crippen LogP contribution is 2.10. The van der Waals surface area contributed by atoms with Gasteiger partial charge in [-0.1, -0.05) is 30.3 Å². The summed E-state index contributed by atoms with van der Waals surface area (Å²) in [6.45, 7) is 0.277. The second kappa shape index (κ2) is 9.19. The zero-order chi connectivity index (χ0) is 17.2. The molecule has 0 aliphatic carbocycles.